The lowest BCUT2D eigenvalue weighted by molar-refractivity contribution is 0.0168. The largest absolute Gasteiger partial charge is 0.378 e. The zero-order chi connectivity index (χ0) is 16.4. The Morgan fingerprint density at radius 1 is 1.25 bits per heavy atom. The highest BCUT2D eigenvalue weighted by atomic mass is 32.1. The smallest absolute Gasteiger partial charge is 0.317 e. The van der Waals surface area contributed by atoms with E-state index in [9.17, 15) is 4.79 Å². The van der Waals surface area contributed by atoms with E-state index in [1.807, 2.05) is 16.2 Å². The molecular weight excluding hydrogens is 322 g/mol. The van der Waals surface area contributed by atoms with Gasteiger partial charge in [0, 0.05) is 42.6 Å². The molecule has 3 aliphatic heterocycles. The van der Waals surface area contributed by atoms with Crippen molar-refractivity contribution < 1.29 is 9.53 Å². The van der Waals surface area contributed by atoms with E-state index in [0.29, 0.717) is 31.3 Å². The molecule has 2 amide bonds. The molecule has 3 fully saturated rings. The highest BCUT2D eigenvalue weighted by Crippen LogP contribution is 2.35. The molecule has 2 bridgehead atoms. The van der Waals surface area contributed by atoms with Gasteiger partial charge in [-0.2, -0.15) is 0 Å². The van der Waals surface area contributed by atoms with Crippen LogP contribution in [-0.4, -0.2) is 60.3 Å². The predicted molar refractivity (Wildman–Crippen MR) is 95.2 cm³/mol. The molecule has 1 unspecified atom stereocenters. The average molecular weight is 350 g/mol. The van der Waals surface area contributed by atoms with Gasteiger partial charge in [0.15, 0.2) is 0 Å². The summed E-state index contributed by atoms with van der Waals surface area (Å²) >= 11 is 1.86. The van der Waals surface area contributed by atoms with Crippen LogP contribution in [0.3, 0.4) is 0 Å². The van der Waals surface area contributed by atoms with Gasteiger partial charge in [-0.3, -0.25) is 4.90 Å². The van der Waals surface area contributed by atoms with Crippen molar-refractivity contribution in [3.05, 3.63) is 22.4 Å². The minimum Gasteiger partial charge on any atom is -0.378 e. The number of carbonyl (C=O) groups is 1. The standard InChI is InChI=1S/C18H27N3O2S/c22-18(20-6-8-23-9-7-20)19-14-11-15-3-1-4-16(12-14)21(15)13-17-5-2-10-24-17/h2,5,10,14-16H,1,3-4,6-9,11-13H2,(H,19,22)/t14?,15-,16+. The summed E-state index contributed by atoms with van der Waals surface area (Å²) in [7, 11) is 0. The van der Waals surface area contributed by atoms with Crippen molar-refractivity contribution in [3.63, 3.8) is 0 Å². The molecule has 3 aliphatic rings. The minimum absolute atomic E-state index is 0.105. The molecule has 0 spiro atoms. The van der Waals surface area contributed by atoms with Gasteiger partial charge in [0.25, 0.3) is 0 Å². The molecular formula is C18H27N3O2S. The molecule has 1 N–H and O–H groups in total. The van der Waals surface area contributed by atoms with Crippen LogP contribution in [0.25, 0.3) is 0 Å². The molecule has 132 valence electrons. The second-order valence-electron chi connectivity index (χ2n) is 7.21. The zero-order valence-electron chi connectivity index (χ0n) is 14.2. The Kier molecular flexibility index (Phi) is 5.06. The number of carbonyl (C=O) groups excluding carboxylic acids is 1. The number of thiophene rings is 1. The first kappa shape index (κ1) is 16.4. The lowest BCUT2D eigenvalue weighted by Gasteiger charge is -2.49. The molecule has 0 saturated carbocycles. The van der Waals surface area contributed by atoms with E-state index in [0.717, 1.165) is 32.5 Å². The van der Waals surface area contributed by atoms with Crippen LogP contribution < -0.4 is 5.32 Å². The summed E-state index contributed by atoms with van der Waals surface area (Å²) in [6.07, 6.45) is 6.06. The van der Waals surface area contributed by atoms with Crippen molar-refractivity contribution in [2.24, 2.45) is 0 Å². The molecule has 5 nitrogen and oxygen atoms in total. The summed E-state index contributed by atoms with van der Waals surface area (Å²) in [4.78, 5) is 18.5. The zero-order valence-corrected chi connectivity index (χ0v) is 15.0. The van der Waals surface area contributed by atoms with Gasteiger partial charge in [-0.25, -0.2) is 4.79 Å². The molecule has 3 atom stereocenters. The Morgan fingerprint density at radius 2 is 2.00 bits per heavy atom. The van der Waals surface area contributed by atoms with Crippen LogP contribution in [-0.2, 0) is 11.3 Å². The van der Waals surface area contributed by atoms with Crippen molar-refractivity contribution in [2.45, 2.75) is 56.8 Å². The maximum Gasteiger partial charge on any atom is 0.317 e. The van der Waals surface area contributed by atoms with E-state index in [1.54, 1.807) is 0 Å². The highest BCUT2D eigenvalue weighted by Gasteiger charge is 2.39. The molecule has 4 rings (SSSR count). The van der Waals surface area contributed by atoms with Gasteiger partial charge in [-0.1, -0.05) is 12.5 Å². The molecule has 0 aliphatic carbocycles. The van der Waals surface area contributed by atoms with Crippen LogP contribution in [0.5, 0.6) is 0 Å². The minimum atomic E-state index is 0.105. The van der Waals surface area contributed by atoms with E-state index >= 15 is 0 Å². The summed E-state index contributed by atoms with van der Waals surface area (Å²) in [6, 6.07) is 6.06. The van der Waals surface area contributed by atoms with Crippen LogP contribution in [0.15, 0.2) is 17.5 Å². The van der Waals surface area contributed by atoms with Gasteiger partial charge >= 0.3 is 6.03 Å². The third-order valence-electron chi connectivity index (χ3n) is 5.67. The van der Waals surface area contributed by atoms with Gasteiger partial charge in [0.05, 0.1) is 13.2 Å². The maximum atomic E-state index is 12.5. The Bertz CT molecular complexity index is 530. The van der Waals surface area contributed by atoms with Crippen molar-refractivity contribution >= 4 is 17.4 Å². The number of hydrogen-bond donors (Lipinski definition) is 1. The topological polar surface area (TPSA) is 44.8 Å². The molecule has 4 heterocycles. The molecule has 1 aromatic heterocycles. The third-order valence-corrected chi connectivity index (χ3v) is 6.53. The number of ether oxygens (including phenoxy) is 1. The number of fused-ring (bicyclic) bond motifs is 2. The first-order valence-corrected chi connectivity index (χ1v) is 10.1. The molecule has 6 heteroatoms. The molecule has 0 radical (unpaired) electrons. The lowest BCUT2D eigenvalue weighted by atomic mass is 9.81. The summed E-state index contributed by atoms with van der Waals surface area (Å²) in [5, 5.41) is 5.47. The number of urea groups is 1. The molecule has 0 aromatic carbocycles. The van der Waals surface area contributed by atoms with Crippen LogP contribution in [0.2, 0.25) is 0 Å². The lowest BCUT2D eigenvalue weighted by Crippen LogP contribution is -2.58. The van der Waals surface area contributed by atoms with Crippen molar-refractivity contribution in [1.29, 1.82) is 0 Å². The van der Waals surface area contributed by atoms with E-state index in [1.165, 1.54) is 24.1 Å². The molecule has 3 saturated heterocycles. The van der Waals surface area contributed by atoms with Gasteiger partial charge in [-0.05, 0) is 37.1 Å². The van der Waals surface area contributed by atoms with E-state index in [-0.39, 0.29) is 6.03 Å². The van der Waals surface area contributed by atoms with Crippen LogP contribution in [0.4, 0.5) is 4.79 Å². The third kappa shape index (κ3) is 3.60. The summed E-state index contributed by atoms with van der Waals surface area (Å²) in [5.41, 5.74) is 0. The number of nitrogens with one attached hydrogen (secondary N) is 1. The van der Waals surface area contributed by atoms with Crippen LogP contribution in [0, 0.1) is 0 Å². The van der Waals surface area contributed by atoms with E-state index in [4.69, 9.17) is 4.74 Å². The monoisotopic (exact) mass is 349 g/mol. The fraction of sp³-hybridized carbons (Fsp3) is 0.722. The molecule has 1 aromatic rings. The quantitative estimate of drug-likeness (QED) is 0.912. The van der Waals surface area contributed by atoms with Crippen molar-refractivity contribution in [2.75, 3.05) is 26.3 Å². The fourth-order valence-electron chi connectivity index (χ4n) is 4.47. The highest BCUT2D eigenvalue weighted by molar-refractivity contribution is 7.09. The summed E-state index contributed by atoms with van der Waals surface area (Å²) in [5.74, 6) is 0. The van der Waals surface area contributed by atoms with E-state index < -0.39 is 0 Å². The molecule has 24 heavy (non-hydrogen) atoms. The number of amides is 2. The normalized spacial score (nSPS) is 31.0. The van der Waals surface area contributed by atoms with Gasteiger partial charge in [-0.15, -0.1) is 11.3 Å². The first-order valence-electron chi connectivity index (χ1n) is 9.21. The Hall–Kier alpha value is -1.11. The summed E-state index contributed by atoms with van der Waals surface area (Å²) in [6.45, 7) is 3.85. The SMILES string of the molecule is O=C(NC1C[C@H]2CCC[C@@H](C1)N2Cc1cccs1)N1CCOCC1. The summed E-state index contributed by atoms with van der Waals surface area (Å²) < 4.78 is 5.34. The maximum absolute atomic E-state index is 12.5. The van der Waals surface area contributed by atoms with Gasteiger partial charge in [0.2, 0.25) is 0 Å². The number of morpholine rings is 1. The number of nitrogens with zero attached hydrogens (tertiary/aromatic N) is 2. The van der Waals surface area contributed by atoms with Crippen LogP contribution in [0.1, 0.15) is 37.0 Å². The number of piperidine rings is 2. The Morgan fingerprint density at radius 3 is 2.67 bits per heavy atom. The second kappa shape index (κ2) is 7.42. The van der Waals surface area contributed by atoms with Crippen molar-refractivity contribution in [1.82, 2.24) is 15.1 Å². The predicted octanol–water partition coefficient (Wildman–Crippen LogP) is 2.68. The number of hydrogen-bond acceptors (Lipinski definition) is 4. The second-order valence-corrected chi connectivity index (χ2v) is 8.24. The van der Waals surface area contributed by atoms with Crippen LogP contribution >= 0.6 is 11.3 Å². The number of rotatable bonds is 3. The van der Waals surface area contributed by atoms with Crippen molar-refractivity contribution in [3.8, 4) is 0 Å². The Balaban J connectivity index is 1.36. The first-order chi connectivity index (χ1) is 11.8. The van der Waals surface area contributed by atoms with E-state index in [2.05, 4.69) is 27.7 Å². The fourth-order valence-corrected chi connectivity index (χ4v) is 5.18. The van der Waals surface area contributed by atoms with Gasteiger partial charge in [0.1, 0.15) is 0 Å². The van der Waals surface area contributed by atoms with Gasteiger partial charge < -0.3 is 15.0 Å². The average Bonchev–Trinajstić information content (AvgIpc) is 3.09. The Labute approximate surface area is 148 Å².